The van der Waals surface area contributed by atoms with E-state index in [9.17, 15) is 0 Å². The van der Waals surface area contributed by atoms with Crippen LogP contribution >= 0.6 is 11.6 Å². The van der Waals surface area contributed by atoms with E-state index >= 15 is 0 Å². The topological polar surface area (TPSA) is 0 Å². The van der Waals surface area contributed by atoms with Crippen molar-refractivity contribution >= 4 is 11.6 Å². The molecular formula is C17H25Cl. The lowest BCUT2D eigenvalue weighted by atomic mass is 9.68. The lowest BCUT2D eigenvalue weighted by molar-refractivity contribution is 0.189. The van der Waals surface area contributed by atoms with Gasteiger partial charge in [0, 0.05) is 5.92 Å². The van der Waals surface area contributed by atoms with Crippen LogP contribution in [-0.4, -0.2) is 4.87 Å². The molecule has 5 unspecified atom stereocenters. The third-order valence-electron chi connectivity index (χ3n) is 5.68. The van der Waals surface area contributed by atoms with E-state index in [2.05, 4.69) is 25.7 Å². The monoisotopic (exact) mass is 264 g/mol. The second kappa shape index (κ2) is 4.71. The molecule has 0 spiro atoms. The van der Waals surface area contributed by atoms with Crippen molar-refractivity contribution < 1.29 is 0 Å². The van der Waals surface area contributed by atoms with Crippen LogP contribution in [0.3, 0.4) is 0 Å². The minimum Gasteiger partial charge on any atom is -0.119 e. The highest BCUT2D eigenvalue weighted by molar-refractivity contribution is 6.24. The lowest BCUT2D eigenvalue weighted by Gasteiger charge is -2.40. The summed E-state index contributed by atoms with van der Waals surface area (Å²) in [4.78, 5) is -0.113. The highest BCUT2D eigenvalue weighted by atomic mass is 35.5. The fourth-order valence-corrected chi connectivity index (χ4v) is 5.02. The predicted octanol–water partition coefficient (Wildman–Crippen LogP) is 5.19. The molecule has 0 amide bonds. The summed E-state index contributed by atoms with van der Waals surface area (Å²) in [5.41, 5.74) is 0. The van der Waals surface area contributed by atoms with Gasteiger partial charge in [0.1, 0.15) is 0 Å². The summed E-state index contributed by atoms with van der Waals surface area (Å²) in [5, 5.41) is 0. The van der Waals surface area contributed by atoms with Gasteiger partial charge >= 0.3 is 0 Å². The quantitative estimate of drug-likeness (QED) is 0.476. The van der Waals surface area contributed by atoms with E-state index in [1.54, 1.807) is 0 Å². The number of rotatable bonds is 2. The Morgan fingerprint density at radius 2 is 1.83 bits per heavy atom. The van der Waals surface area contributed by atoms with Crippen LogP contribution in [0.25, 0.3) is 0 Å². The SMILES string of the molecule is C=CC1C=CC(C2CC3CCC(C3)C2)CC1(C)Cl. The van der Waals surface area contributed by atoms with Gasteiger partial charge in [-0.1, -0.05) is 31.1 Å². The smallest absolute Gasteiger partial charge is 0.0521 e. The molecule has 0 aromatic heterocycles. The summed E-state index contributed by atoms with van der Waals surface area (Å²) in [6.07, 6.45) is 15.3. The minimum absolute atomic E-state index is 0.113. The molecule has 2 fully saturated rings. The molecule has 3 aliphatic rings. The Morgan fingerprint density at radius 3 is 2.39 bits per heavy atom. The summed E-state index contributed by atoms with van der Waals surface area (Å²) in [5.74, 6) is 4.01. The molecule has 0 radical (unpaired) electrons. The fourth-order valence-electron chi connectivity index (χ4n) is 4.68. The van der Waals surface area contributed by atoms with E-state index in [-0.39, 0.29) is 4.87 Å². The summed E-state index contributed by atoms with van der Waals surface area (Å²) < 4.78 is 0. The highest BCUT2D eigenvalue weighted by Gasteiger charge is 2.41. The first-order valence-corrected chi connectivity index (χ1v) is 7.96. The molecule has 0 nitrogen and oxygen atoms in total. The van der Waals surface area contributed by atoms with Gasteiger partial charge in [0.15, 0.2) is 0 Å². The average molecular weight is 265 g/mol. The van der Waals surface area contributed by atoms with E-state index < -0.39 is 0 Å². The number of hydrogen-bond acceptors (Lipinski definition) is 0. The van der Waals surface area contributed by atoms with E-state index in [0.29, 0.717) is 11.8 Å². The van der Waals surface area contributed by atoms with Crippen molar-refractivity contribution in [3.05, 3.63) is 24.8 Å². The molecular weight excluding hydrogens is 240 g/mol. The molecule has 0 aliphatic heterocycles. The van der Waals surface area contributed by atoms with Crippen LogP contribution in [0.2, 0.25) is 0 Å². The standard InChI is InChI=1S/C17H25Cl/c1-3-16-7-6-14(11-17(16,2)18)15-9-12-4-5-13(8-12)10-15/h3,6-7,12-16H,1,4-5,8-11H2,2H3. The predicted molar refractivity (Wildman–Crippen MR) is 78.7 cm³/mol. The van der Waals surface area contributed by atoms with Crippen LogP contribution in [0.5, 0.6) is 0 Å². The molecule has 3 aliphatic carbocycles. The largest absolute Gasteiger partial charge is 0.119 e. The van der Waals surface area contributed by atoms with Crippen molar-refractivity contribution in [2.24, 2.45) is 29.6 Å². The fraction of sp³-hybridized carbons (Fsp3) is 0.765. The van der Waals surface area contributed by atoms with Gasteiger partial charge in [-0.2, -0.15) is 0 Å². The van der Waals surface area contributed by atoms with Gasteiger partial charge in [-0.05, 0) is 56.3 Å². The van der Waals surface area contributed by atoms with Gasteiger partial charge in [-0.3, -0.25) is 0 Å². The van der Waals surface area contributed by atoms with Crippen molar-refractivity contribution in [1.29, 1.82) is 0 Å². The van der Waals surface area contributed by atoms with Crippen LogP contribution in [0.15, 0.2) is 24.8 Å². The molecule has 0 saturated heterocycles. The maximum atomic E-state index is 6.72. The summed E-state index contributed by atoms with van der Waals surface area (Å²) in [7, 11) is 0. The zero-order valence-electron chi connectivity index (χ0n) is 11.4. The van der Waals surface area contributed by atoms with Crippen LogP contribution in [0.1, 0.15) is 45.4 Å². The zero-order chi connectivity index (χ0) is 12.8. The maximum Gasteiger partial charge on any atom is 0.0521 e. The molecule has 18 heavy (non-hydrogen) atoms. The van der Waals surface area contributed by atoms with Crippen molar-refractivity contribution in [1.82, 2.24) is 0 Å². The van der Waals surface area contributed by atoms with E-state index in [0.717, 1.165) is 24.2 Å². The van der Waals surface area contributed by atoms with Crippen molar-refractivity contribution in [3.8, 4) is 0 Å². The molecule has 2 saturated carbocycles. The first-order valence-electron chi connectivity index (χ1n) is 7.58. The van der Waals surface area contributed by atoms with Crippen molar-refractivity contribution in [3.63, 3.8) is 0 Å². The Kier molecular flexibility index (Phi) is 3.34. The number of hydrogen-bond donors (Lipinski definition) is 0. The summed E-state index contributed by atoms with van der Waals surface area (Å²) >= 11 is 6.72. The molecule has 5 atom stereocenters. The molecule has 100 valence electrons. The third-order valence-corrected chi connectivity index (χ3v) is 6.08. The number of alkyl halides is 1. The van der Waals surface area contributed by atoms with Crippen LogP contribution in [0, 0.1) is 29.6 Å². The Hall–Kier alpha value is -0.230. The normalized spacial score (nSPS) is 51.3. The Bertz CT molecular complexity index is 343. The van der Waals surface area contributed by atoms with Gasteiger partial charge in [-0.15, -0.1) is 18.2 Å². The second-order valence-electron chi connectivity index (χ2n) is 7.07. The van der Waals surface area contributed by atoms with E-state index in [1.165, 1.54) is 32.1 Å². The maximum absolute atomic E-state index is 6.72. The number of allylic oxidation sites excluding steroid dienone is 3. The van der Waals surface area contributed by atoms with Crippen molar-refractivity contribution in [2.45, 2.75) is 50.3 Å². The molecule has 0 N–H and O–H groups in total. The summed E-state index contributed by atoms with van der Waals surface area (Å²) in [6.45, 7) is 6.11. The van der Waals surface area contributed by atoms with Gasteiger partial charge in [0.25, 0.3) is 0 Å². The van der Waals surface area contributed by atoms with Gasteiger partial charge in [0.2, 0.25) is 0 Å². The third kappa shape index (κ3) is 2.29. The first kappa shape index (κ1) is 12.8. The number of fused-ring (bicyclic) bond motifs is 2. The lowest BCUT2D eigenvalue weighted by Crippen LogP contribution is -2.35. The molecule has 3 rings (SSSR count). The van der Waals surface area contributed by atoms with Gasteiger partial charge in [0.05, 0.1) is 4.87 Å². The Morgan fingerprint density at radius 1 is 1.17 bits per heavy atom. The van der Waals surface area contributed by atoms with Crippen LogP contribution < -0.4 is 0 Å². The Labute approximate surface area is 116 Å². The minimum atomic E-state index is -0.113. The van der Waals surface area contributed by atoms with Gasteiger partial charge < -0.3 is 0 Å². The molecule has 0 aromatic rings. The second-order valence-corrected chi connectivity index (χ2v) is 7.93. The van der Waals surface area contributed by atoms with Crippen molar-refractivity contribution in [2.75, 3.05) is 0 Å². The van der Waals surface area contributed by atoms with Gasteiger partial charge in [-0.25, -0.2) is 0 Å². The first-order chi connectivity index (χ1) is 8.58. The van der Waals surface area contributed by atoms with E-state index in [1.807, 2.05) is 6.08 Å². The van der Waals surface area contributed by atoms with Crippen LogP contribution in [0.4, 0.5) is 0 Å². The summed E-state index contributed by atoms with van der Waals surface area (Å²) in [6, 6.07) is 0. The zero-order valence-corrected chi connectivity index (χ0v) is 12.2. The Balaban J connectivity index is 1.72. The van der Waals surface area contributed by atoms with E-state index in [4.69, 9.17) is 11.6 Å². The number of halogens is 1. The molecule has 0 heterocycles. The highest BCUT2D eigenvalue weighted by Crippen LogP contribution is 2.50. The average Bonchev–Trinajstić information content (AvgIpc) is 2.67. The molecule has 1 heteroatoms. The van der Waals surface area contributed by atoms with Crippen LogP contribution in [-0.2, 0) is 0 Å². The molecule has 2 bridgehead atoms. The molecule has 0 aromatic carbocycles.